The number of anilines is 1. The molecule has 0 aliphatic carbocycles. The first-order chi connectivity index (χ1) is 22.2. The van der Waals surface area contributed by atoms with Crippen molar-refractivity contribution in [3.05, 3.63) is 152 Å². The Morgan fingerprint density at radius 3 is 2.33 bits per heavy atom. The van der Waals surface area contributed by atoms with Crippen LogP contribution in [0.2, 0.25) is 0 Å². The fraction of sp³-hybridized carbons (Fsp3) is 0.222. The number of nitrogens with one attached hydrogen (secondary N) is 1. The molecule has 0 radical (unpaired) electrons. The van der Waals surface area contributed by atoms with Crippen LogP contribution in [0, 0.1) is 6.92 Å². The smallest absolute Gasteiger partial charge is 0.333 e. The molecular weight excluding hydrogens is 582 g/mol. The molecule has 234 valence electrons. The first-order valence-corrected chi connectivity index (χ1v) is 15.1. The maximum Gasteiger partial charge on any atom is 0.333 e. The Balaban J connectivity index is 1.48. The molecule has 10 nitrogen and oxygen atoms in total. The molecule has 1 aliphatic heterocycles. The number of aromatic hydroxyl groups is 1. The first kappa shape index (κ1) is 30.4. The fourth-order valence-electron chi connectivity index (χ4n) is 6.01. The number of aryl methyl sites for hydroxylation is 1. The highest BCUT2D eigenvalue weighted by Crippen LogP contribution is 2.43. The summed E-state index contributed by atoms with van der Waals surface area (Å²) in [5, 5.41) is 14.3. The molecule has 0 fully saturated rings. The van der Waals surface area contributed by atoms with Gasteiger partial charge in [0.25, 0.3) is 11.5 Å². The number of nitrogens with zero attached hydrogens (tertiary/aromatic N) is 4. The SMILES string of the molecule is Cc1ccc(NC(=NC[C@@H]2c3ccccc3C(=O)N(CCc3ccccc3)[C@H]2c2ccco2)c2c(O)n(C)c(=O)n(C)c2=O)cc1. The third-order valence-electron chi connectivity index (χ3n) is 8.52. The van der Waals surface area contributed by atoms with Gasteiger partial charge in [-0.15, -0.1) is 0 Å². The standard InChI is InChI=1S/C36H35N5O5/c1-23-15-17-25(18-16-23)38-32(30-34(43)39(2)36(45)40(3)35(30)44)37-22-28-26-12-7-8-13-27(26)33(42)41(31(28)29-14-9-21-46-29)20-19-24-10-5-4-6-11-24/h4-18,21,28,31,43H,19-20,22H2,1-3H3,(H,37,38)/t28-,31-/m1/s1. The van der Waals surface area contributed by atoms with Crippen LogP contribution in [-0.2, 0) is 20.5 Å². The van der Waals surface area contributed by atoms with Gasteiger partial charge in [-0.2, -0.15) is 0 Å². The second-order valence-corrected chi connectivity index (χ2v) is 11.5. The van der Waals surface area contributed by atoms with E-state index in [0.29, 0.717) is 30.0 Å². The van der Waals surface area contributed by atoms with E-state index in [1.165, 1.54) is 14.1 Å². The lowest BCUT2D eigenvalue weighted by atomic mass is 9.81. The van der Waals surface area contributed by atoms with E-state index in [1.54, 1.807) is 12.3 Å². The summed E-state index contributed by atoms with van der Waals surface area (Å²) in [4.78, 5) is 46.9. The predicted octanol–water partition coefficient (Wildman–Crippen LogP) is 4.77. The lowest BCUT2D eigenvalue weighted by Crippen LogP contribution is -2.44. The van der Waals surface area contributed by atoms with E-state index >= 15 is 0 Å². The molecule has 2 aromatic heterocycles. The van der Waals surface area contributed by atoms with Crippen LogP contribution >= 0.6 is 0 Å². The van der Waals surface area contributed by atoms with Crippen molar-refractivity contribution in [2.24, 2.45) is 19.1 Å². The quantitative estimate of drug-likeness (QED) is 0.191. The molecule has 1 amide bonds. The minimum atomic E-state index is -0.690. The number of hydrogen-bond donors (Lipinski definition) is 2. The van der Waals surface area contributed by atoms with E-state index in [4.69, 9.17) is 9.41 Å². The highest BCUT2D eigenvalue weighted by atomic mass is 16.3. The molecule has 3 aromatic carbocycles. The molecule has 1 aliphatic rings. The van der Waals surface area contributed by atoms with Gasteiger partial charge in [-0.05, 0) is 54.8 Å². The Morgan fingerprint density at radius 1 is 0.891 bits per heavy atom. The van der Waals surface area contributed by atoms with Crippen LogP contribution in [-0.4, -0.2) is 44.0 Å². The normalized spacial score (nSPS) is 16.4. The first-order valence-electron chi connectivity index (χ1n) is 15.1. The maximum atomic E-state index is 14.0. The van der Waals surface area contributed by atoms with Gasteiger partial charge in [0.05, 0.1) is 18.8 Å². The molecule has 46 heavy (non-hydrogen) atoms. The van der Waals surface area contributed by atoms with E-state index in [-0.39, 0.29) is 29.8 Å². The Labute approximate surface area is 265 Å². The summed E-state index contributed by atoms with van der Waals surface area (Å²) in [7, 11) is 2.75. The summed E-state index contributed by atoms with van der Waals surface area (Å²) >= 11 is 0. The molecule has 0 saturated carbocycles. The van der Waals surface area contributed by atoms with Crippen molar-refractivity contribution in [1.29, 1.82) is 0 Å². The molecule has 2 N–H and O–H groups in total. The van der Waals surface area contributed by atoms with Crippen LogP contribution in [0.3, 0.4) is 0 Å². The number of rotatable bonds is 8. The van der Waals surface area contributed by atoms with Crippen LogP contribution in [0.15, 0.2) is 116 Å². The molecule has 0 unspecified atom stereocenters. The number of amides is 1. The van der Waals surface area contributed by atoms with Gasteiger partial charge >= 0.3 is 5.69 Å². The molecule has 10 heteroatoms. The highest BCUT2D eigenvalue weighted by Gasteiger charge is 2.42. The fourth-order valence-corrected chi connectivity index (χ4v) is 6.01. The van der Waals surface area contributed by atoms with Crippen molar-refractivity contribution >= 4 is 17.4 Å². The summed E-state index contributed by atoms with van der Waals surface area (Å²) in [6.45, 7) is 2.53. The average molecular weight is 618 g/mol. The van der Waals surface area contributed by atoms with Gasteiger partial charge in [-0.25, -0.2) is 4.79 Å². The number of aromatic nitrogens is 2. The van der Waals surface area contributed by atoms with Gasteiger partial charge in [0.1, 0.15) is 17.2 Å². The summed E-state index contributed by atoms with van der Waals surface area (Å²) in [5.74, 6) is -0.261. The maximum absolute atomic E-state index is 14.0. The van der Waals surface area contributed by atoms with E-state index in [2.05, 4.69) is 5.32 Å². The van der Waals surface area contributed by atoms with Crippen molar-refractivity contribution in [3.63, 3.8) is 0 Å². The van der Waals surface area contributed by atoms with Gasteiger partial charge in [-0.1, -0.05) is 66.2 Å². The third-order valence-corrected chi connectivity index (χ3v) is 8.52. The van der Waals surface area contributed by atoms with E-state index in [9.17, 15) is 19.5 Å². The van der Waals surface area contributed by atoms with E-state index in [1.807, 2.05) is 96.8 Å². The molecule has 2 atom stereocenters. The molecule has 0 spiro atoms. The summed E-state index contributed by atoms with van der Waals surface area (Å²) < 4.78 is 7.89. The number of aliphatic imine (C=N–C) groups is 1. The van der Waals surface area contributed by atoms with Crippen LogP contribution in [0.4, 0.5) is 5.69 Å². The molecule has 0 saturated heterocycles. The van der Waals surface area contributed by atoms with Crippen LogP contribution in [0.1, 0.15) is 50.3 Å². The van der Waals surface area contributed by atoms with Crippen LogP contribution in [0.25, 0.3) is 0 Å². The van der Waals surface area contributed by atoms with Gasteiger partial charge in [-0.3, -0.25) is 23.7 Å². The Morgan fingerprint density at radius 2 is 1.61 bits per heavy atom. The molecule has 3 heterocycles. The zero-order valence-electron chi connectivity index (χ0n) is 25.9. The molecule has 0 bridgehead atoms. The molecular formula is C36H35N5O5. The number of benzene rings is 3. The number of furan rings is 1. The van der Waals surface area contributed by atoms with Gasteiger partial charge in [0.15, 0.2) is 0 Å². The van der Waals surface area contributed by atoms with Crippen LogP contribution in [0.5, 0.6) is 5.88 Å². The largest absolute Gasteiger partial charge is 0.494 e. The van der Waals surface area contributed by atoms with Crippen molar-refractivity contribution in [2.45, 2.75) is 25.3 Å². The summed E-state index contributed by atoms with van der Waals surface area (Å²) in [6.07, 6.45) is 2.23. The Bertz CT molecular complexity index is 2010. The lowest BCUT2D eigenvalue weighted by Gasteiger charge is -2.41. The molecule has 5 aromatic rings. The van der Waals surface area contributed by atoms with Crippen molar-refractivity contribution < 1.29 is 14.3 Å². The third kappa shape index (κ3) is 5.77. The second-order valence-electron chi connectivity index (χ2n) is 11.5. The minimum Gasteiger partial charge on any atom is -0.494 e. The number of hydrogen-bond acceptors (Lipinski definition) is 6. The second kappa shape index (κ2) is 12.8. The number of amidine groups is 1. The summed E-state index contributed by atoms with van der Waals surface area (Å²) in [5.41, 5.74) is 2.69. The van der Waals surface area contributed by atoms with Gasteiger partial charge < -0.3 is 19.7 Å². The van der Waals surface area contributed by atoms with E-state index in [0.717, 1.165) is 25.8 Å². The van der Waals surface area contributed by atoms with Gasteiger partial charge in [0, 0.05) is 37.8 Å². The van der Waals surface area contributed by atoms with Crippen LogP contribution < -0.4 is 16.6 Å². The zero-order valence-corrected chi connectivity index (χ0v) is 25.9. The Hall–Kier alpha value is -5.64. The molecule has 6 rings (SSSR count). The predicted molar refractivity (Wildman–Crippen MR) is 177 cm³/mol. The highest BCUT2D eigenvalue weighted by molar-refractivity contribution is 6.09. The van der Waals surface area contributed by atoms with Crippen molar-refractivity contribution in [1.82, 2.24) is 14.0 Å². The Kier molecular flexibility index (Phi) is 8.43. The van der Waals surface area contributed by atoms with Crippen molar-refractivity contribution in [3.8, 4) is 5.88 Å². The van der Waals surface area contributed by atoms with Gasteiger partial charge in [0.2, 0.25) is 5.88 Å². The number of carbonyl (C=O) groups excluding carboxylic acids is 1. The lowest BCUT2D eigenvalue weighted by molar-refractivity contribution is 0.0583. The average Bonchev–Trinajstić information content (AvgIpc) is 3.61. The zero-order chi connectivity index (χ0) is 32.4. The van der Waals surface area contributed by atoms with E-state index < -0.39 is 23.2 Å². The number of carbonyl (C=O) groups is 1. The number of fused-ring (bicyclic) bond motifs is 1. The minimum absolute atomic E-state index is 0.0981. The monoisotopic (exact) mass is 617 g/mol. The van der Waals surface area contributed by atoms with Crippen molar-refractivity contribution in [2.75, 3.05) is 18.4 Å². The summed E-state index contributed by atoms with van der Waals surface area (Å²) in [6, 6.07) is 28.2. The topological polar surface area (TPSA) is 122 Å².